The average molecular weight is 333 g/mol. The van der Waals surface area contributed by atoms with Crippen LogP contribution < -0.4 is 15.4 Å². The topological polar surface area (TPSA) is 84.5 Å². The number of rotatable bonds is 5. The second-order valence-corrected chi connectivity index (χ2v) is 7.54. The normalized spacial score (nSPS) is 20.2. The molecular weight excluding hydrogens is 316 g/mol. The Balaban J connectivity index is 1.89. The molecule has 8 heteroatoms. The molecular formula is C13H17ClN2O4S. The summed E-state index contributed by atoms with van der Waals surface area (Å²) in [5, 5.41) is 6.12. The van der Waals surface area contributed by atoms with E-state index in [1.54, 1.807) is 18.2 Å². The van der Waals surface area contributed by atoms with Gasteiger partial charge in [-0.1, -0.05) is 11.6 Å². The molecule has 1 aromatic carbocycles. The smallest absolute Gasteiger partial charge is 0.238 e. The molecule has 0 radical (unpaired) electrons. The fourth-order valence-corrected chi connectivity index (χ4v) is 4.05. The summed E-state index contributed by atoms with van der Waals surface area (Å²) in [6.45, 7) is 0.0376. The molecule has 1 amide bonds. The molecule has 1 atom stereocenters. The maximum Gasteiger partial charge on any atom is 0.238 e. The number of anilines is 1. The molecule has 21 heavy (non-hydrogen) atoms. The maximum absolute atomic E-state index is 11.9. The van der Waals surface area contributed by atoms with Crippen molar-refractivity contribution in [2.24, 2.45) is 0 Å². The lowest BCUT2D eigenvalue weighted by molar-refractivity contribution is -0.115. The molecule has 2 rings (SSSR count). The highest BCUT2D eigenvalue weighted by Gasteiger charge is 2.27. The Kier molecular flexibility index (Phi) is 5.08. The van der Waals surface area contributed by atoms with Crippen LogP contribution in [0.3, 0.4) is 0 Å². The van der Waals surface area contributed by atoms with Crippen molar-refractivity contribution in [1.29, 1.82) is 0 Å². The largest absolute Gasteiger partial charge is 0.495 e. The first-order chi connectivity index (χ1) is 9.89. The fourth-order valence-electron chi connectivity index (χ4n) is 2.17. The highest BCUT2D eigenvalue weighted by molar-refractivity contribution is 7.91. The van der Waals surface area contributed by atoms with Crippen LogP contribution in [0.25, 0.3) is 0 Å². The summed E-state index contributed by atoms with van der Waals surface area (Å²) in [5.74, 6) is 0.492. The number of nitrogens with one attached hydrogen (secondary N) is 2. The van der Waals surface area contributed by atoms with Gasteiger partial charge < -0.3 is 15.4 Å². The fraction of sp³-hybridized carbons (Fsp3) is 0.462. The molecule has 0 bridgehead atoms. The van der Waals surface area contributed by atoms with Crippen molar-refractivity contribution < 1.29 is 17.9 Å². The number of ether oxygens (including phenoxy) is 1. The van der Waals surface area contributed by atoms with Gasteiger partial charge in [0.05, 0.1) is 30.8 Å². The number of hydrogen-bond donors (Lipinski definition) is 2. The lowest BCUT2D eigenvalue weighted by Gasteiger charge is -2.13. The van der Waals surface area contributed by atoms with Crippen molar-refractivity contribution in [1.82, 2.24) is 5.32 Å². The van der Waals surface area contributed by atoms with E-state index in [1.165, 1.54) is 7.11 Å². The highest BCUT2D eigenvalue weighted by Crippen LogP contribution is 2.27. The van der Waals surface area contributed by atoms with Crippen LogP contribution in [0.2, 0.25) is 5.02 Å². The second-order valence-electron chi connectivity index (χ2n) is 4.87. The first kappa shape index (κ1) is 16.1. The van der Waals surface area contributed by atoms with Gasteiger partial charge in [0.15, 0.2) is 9.84 Å². The van der Waals surface area contributed by atoms with Gasteiger partial charge in [-0.05, 0) is 24.6 Å². The Labute approximate surface area is 128 Å². The van der Waals surface area contributed by atoms with Gasteiger partial charge in [0.2, 0.25) is 5.91 Å². The Morgan fingerprint density at radius 3 is 2.86 bits per heavy atom. The van der Waals surface area contributed by atoms with E-state index >= 15 is 0 Å². The van der Waals surface area contributed by atoms with Gasteiger partial charge in [-0.15, -0.1) is 0 Å². The van der Waals surface area contributed by atoms with E-state index in [0.29, 0.717) is 22.9 Å². The molecule has 1 aliphatic rings. The van der Waals surface area contributed by atoms with E-state index in [9.17, 15) is 13.2 Å². The molecule has 2 N–H and O–H groups in total. The molecule has 0 aromatic heterocycles. The quantitative estimate of drug-likeness (QED) is 0.842. The third kappa shape index (κ3) is 4.59. The molecule has 1 aromatic rings. The summed E-state index contributed by atoms with van der Waals surface area (Å²) in [4.78, 5) is 11.9. The zero-order valence-electron chi connectivity index (χ0n) is 11.6. The molecule has 116 valence electrons. The second kappa shape index (κ2) is 6.64. The SMILES string of the molecule is COc1ccc(Cl)cc1NC(=O)CNC1CCS(=O)(=O)C1. The van der Waals surface area contributed by atoms with Crippen LogP contribution >= 0.6 is 11.6 Å². The number of hydrogen-bond acceptors (Lipinski definition) is 5. The summed E-state index contributed by atoms with van der Waals surface area (Å²) in [6, 6.07) is 4.76. The lowest BCUT2D eigenvalue weighted by Crippen LogP contribution is -2.36. The van der Waals surface area contributed by atoms with Crippen LogP contribution in [0.4, 0.5) is 5.69 Å². The van der Waals surface area contributed by atoms with E-state index in [1.807, 2.05) is 0 Å². The predicted octanol–water partition coefficient (Wildman–Crippen LogP) is 1.06. The number of sulfone groups is 1. The number of halogens is 1. The van der Waals surface area contributed by atoms with E-state index in [0.717, 1.165) is 0 Å². The van der Waals surface area contributed by atoms with Gasteiger partial charge in [0, 0.05) is 11.1 Å². The number of amides is 1. The Morgan fingerprint density at radius 2 is 2.24 bits per heavy atom. The Morgan fingerprint density at radius 1 is 1.48 bits per heavy atom. The molecule has 0 aliphatic carbocycles. The summed E-state index contributed by atoms with van der Waals surface area (Å²) >= 11 is 5.88. The van der Waals surface area contributed by atoms with Gasteiger partial charge in [-0.2, -0.15) is 0 Å². The van der Waals surface area contributed by atoms with Crippen molar-refractivity contribution in [3.8, 4) is 5.75 Å². The van der Waals surface area contributed by atoms with E-state index in [-0.39, 0.29) is 30.0 Å². The molecule has 0 saturated carbocycles. The van der Waals surface area contributed by atoms with Crippen molar-refractivity contribution in [2.45, 2.75) is 12.5 Å². The lowest BCUT2D eigenvalue weighted by atomic mass is 10.2. The highest BCUT2D eigenvalue weighted by atomic mass is 35.5. The van der Waals surface area contributed by atoms with Crippen LogP contribution in [-0.4, -0.2) is 45.5 Å². The number of benzene rings is 1. The molecule has 6 nitrogen and oxygen atoms in total. The minimum absolute atomic E-state index is 0.0376. The number of carbonyl (C=O) groups excluding carboxylic acids is 1. The molecule has 1 heterocycles. The van der Waals surface area contributed by atoms with Crippen molar-refractivity contribution in [3.63, 3.8) is 0 Å². The monoisotopic (exact) mass is 332 g/mol. The van der Waals surface area contributed by atoms with E-state index in [4.69, 9.17) is 16.3 Å². The summed E-state index contributed by atoms with van der Waals surface area (Å²) in [5.41, 5.74) is 0.482. The summed E-state index contributed by atoms with van der Waals surface area (Å²) in [7, 11) is -1.45. The molecule has 1 saturated heterocycles. The van der Waals surface area contributed by atoms with Gasteiger partial charge in [0.25, 0.3) is 0 Å². The zero-order valence-corrected chi connectivity index (χ0v) is 13.1. The molecule has 1 fully saturated rings. The minimum atomic E-state index is -2.95. The van der Waals surface area contributed by atoms with Crippen LogP contribution in [0.15, 0.2) is 18.2 Å². The standard InChI is InChI=1S/C13H17ClN2O4S/c1-20-12-3-2-9(14)6-11(12)16-13(17)7-15-10-4-5-21(18,19)8-10/h2-3,6,10,15H,4-5,7-8H2,1H3,(H,16,17). The first-order valence-electron chi connectivity index (χ1n) is 6.47. The minimum Gasteiger partial charge on any atom is -0.495 e. The van der Waals surface area contributed by atoms with Crippen LogP contribution in [0, 0.1) is 0 Å². The average Bonchev–Trinajstić information content (AvgIpc) is 2.76. The van der Waals surface area contributed by atoms with E-state index < -0.39 is 9.84 Å². The molecule has 1 aliphatic heterocycles. The zero-order chi connectivity index (χ0) is 15.5. The number of methoxy groups -OCH3 is 1. The third-order valence-corrected chi connectivity index (χ3v) is 5.22. The summed E-state index contributed by atoms with van der Waals surface area (Å²) < 4.78 is 27.8. The van der Waals surface area contributed by atoms with Crippen LogP contribution in [-0.2, 0) is 14.6 Å². The van der Waals surface area contributed by atoms with Crippen molar-refractivity contribution >= 4 is 33.0 Å². The van der Waals surface area contributed by atoms with Crippen LogP contribution in [0.5, 0.6) is 5.75 Å². The van der Waals surface area contributed by atoms with E-state index in [2.05, 4.69) is 10.6 Å². The van der Waals surface area contributed by atoms with Crippen molar-refractivity contribution in [3.05, 3.63) is 23.2 Å². The van der Waals surface area contributed by atoms with Gasteiger partial charge >= 0.3 is 0 Å². The Hall–Kier alpha value is -1.31. The first-order valence-corrected chi connectivity index (χ1v) is 8.67. The van der Waals surface area contributed by atoms with Gasteiger partial charge in [-0.25, -0.2) is 8.42 Å². The Bertz CT molecular complexity index is 633. The summed E-state index contributed by atoms with van der Waals surface area (Å²) in [6.07, 6.45) is 0.538. The van der Waals surface area contributed by atoms with Gasteiger partial charge in [-0.3, -0.25) is 4.79 Å². The third-order valence-electron chi connectivity index (χ3n) is 3.22. The van der Waals surface area contributed by atoms with Crippen molar-refractivity contribution in [2.75, 3.05) is 30.5 Å². The molecule has 1 unspecified atom stereocenters. The molecule has 0 spiro atoms. The van der Waals surface area contributed by atoms with Gasteiger partial charge in [0.1, 0.15) is 5.75 Å². The van der Waals surface area contributed by atoms with Crippen LogP contribution in [0.1, 0.15) is 6.42 Å². The number of carbonyl (C=O) groups is 1. The maximum atomic E-state index is 11.9. The predicted molar refractivity (Wildman–Crippen MR) is 81.7 cm³/mol.